The molecule has 0 N–H and O–H groups in total. The lowest BCUT2D eigenvalue weighted by Gasteiger charge is -2.17. The fourth-order valence-corrected chi connectivity index (χ4v) is 1.02. The van der Waals surface area contributed by atoms with E-state index in [1.807, 2.05) is 20.8 Å². The number of aliphatic imine (C=N–C) groups is 1. The van der Waals surface area contributed by atoms with Crippen LogP contribution in [0.5, 0.6) is 0 Å². The van der Waals surface area contributed by atoms with E-state index in [1.54, 1.807) is 12.3 Å². The van der Waals surface area contributed by atoms with Crippen LogP contribution in [-0.2, 0) is 0 Å². The van der Waals surface area contributed by atoms with Gasteiger partial charge in [-0.25, -0.2) is 8.78 Å². The van der Waals surface area contributed by atoms with E-state index in [9.17, 15) is 8.78 Å². The van der Waals surface area contributed by atoms with Gasteiger partial charge in [0.2, 0.25) is 0 Å². The van der Waals surface area contributed by atoms with Crippen LogP contribution in [0.4, 0.5) is 8.78 Å². The number of alkyl halides is 2. The summed E-state index contributed by atoms with van der Waals surface area (Å²) in [5.41, 5.74) is 0.820. The average Bonchev–Trinajstić information content (AvgIpc) is 2.30. The highest BCUT2D eigenvalue weighted by atomic mass is 19.3. The average molecular weight is 173 g/mol. The van der Waals surface area contributed by atoms with E-state index < -0.39 is 12.5 Å². The molecule has 0 aliphatic carbocycles. The minimum Gasteiger partial charge on any atom is -0.279 e. The Hall–Kier alpha value is -0.730. The first-order chi connectivity index (χ1) is 5.41. The van der Waals surface area contributed by atoms with Gasteiger partial charge in [-0.2, -0.15) is 0 Å². The van der Waals surface area contributed by atoms with Gasteiger partial charge in [-0.15, -0.1) is 0 Å². The summed E-state index contributed by atoms with van der Waals surface area (Å²) < 4.78 is 24.3. The van der Waals surface area contributed by atoms with Crippen LogP contribution < -0.4 is 0 Å². The number of rotatable bonds is 1. The van der Waals surface area contributed by atoms with Crippen LogP contribution in [0.2, 0.25) is 0 Å². The Balaban J connectivity index is 2.75. The lowest BCUT2D eigenvalue weighted by atomic mass is 9.87. The van der Waals surface area contributed by atoms with Crippen molar-refractivity contribution in [3.8, 4) is 0 Å². The molecule has 1 rings (SSSR count). The second-order valence-corrected chi connectivity index (χ2v) is 3.98. The molecule has 0 aromatic carbocycles. The summed E-state index contributed by atoms with van der Waals surface area (Å²) in [5.74, 6) is 0. The lowest BCUT2D eigenvalue weighted by Crippen LogP contribution is -2.12. The minimum absolute atomic E-state index is 0.0763. The van der Waals surface area contributed by atoms with Crippen molar-refractivity contribution < 1.29 is 8.78 Å². The molecular formula is C9H13F2N. The molecule has 0 spiro atoms. The van der Waals surface area contributed by atoms with Gasteiger partial charge >= 0.3 is 0 Å². The van der Waals surface area contributed by atoms with Crippen molar-refractivity contribution in [3.05, 3.63) is 11.6 Å². The predicted octanol–water partition coefficient (Wildman–Crippen LogP) is 2.68. The van der Waals surface area contributed by atoms with E-state index in [0.717, 1.165) is 5.57 Å². The van der Waals surface area contributed by atoms with E-state index >= 15 is 0 Å². The molecular weight excluding hydrogens is 160 g/mol. The van der Waals surface area contributed by atoms with E-state index in [-0.39, 0.29) is 5.41 Å². The molecule has 1 atom stereocenters. The first-order valence-corrected chi connectivity index (χ1v) is 3.95. The molecule has 0 radical (unpaired) electrons. The normalized spacial score (nSPS) is 23.5. The van der Waals surface area contributed by atoms with Crippen molar-refractivity contribution in [1.29, 1.82) is 0 Å². The maximum atomic E-state index is 12.1. The molecule has 0 fully saturated rings. The van der Waals surface area contributed by atoms with Crippen LogP contribution in [0.3, 0.4) is 0 Å². The molecule has 0 amide bonds. The first-order valence-electron chi connectivity index (χ1n) is 3.95. The number of nitrogens with zero attached hydrogens (tertiary/aromatic N) is 1. The largest absolute Gasteiger partial charge is 0.279 e. The third-order valence-electron chi connectivity index (χ3n) is 1.86. The van der Waals surface area contributed by atoms with E-state index in [4.69, 9.17) is 0 Å². The molecule has 0 bridgehead atoms. The topological polar surface area (TPSA) is 12.4 Å². The molecule has 1 nitrogen and oxygen atoms in total. The van der Waals surface area contributed by atoms with Crippen LogP contribution >= 0.6 is 0 Å². The number of hydrogen-bond acceptors (Lipinski definition) is 1. The Labute approximate surface area is 71.2 Å². The zero-order chi connectivity index (χ0) is 9.35. The molecule has 1 aliphatic heterocycles. The molecule has 0 saturated carbocycles. The molecule has 12 heavy (non-hydrogen) atoms. The molecule has 0 saturated heterocycles. The SMILES string of the molecule is CC(C)(C)C1=CC(C(F)F)N=C1. The van der Waals surface area contributed by atoms with Gasteiger partial charge in [0.15, 0.2) is 0 Å². The monoisotopic (exact) mass is 173 g/mol. The highest BCUT2D eigenvalue weighted by Crippen LogP contribution is 2.28. The maximum Gasteiger partial charge on any atom is 0.264 e. The van der Waals surface area contributed by atoms with Crippen molar-refractivity contribution in [2.45, 2.75) is 33.2 Å². The molecule has 3 heteroatoms. The van der Waals surface area contributed by atoms with Gasteiger partial charge in [-0.3, -0.25) is 4.99 Å². The van der Waals surface area contributed by atoms with Crippen LogP contribution in [-0.4, -0.2) is 18.7 Å². The van der Waals surface area contributed by atoms with Crippen molar-refractivity contribution in [1.82, 2.24) is 0 Å². The maximum absolute atomic E-state index is 12.1. The molecule has 1 heterocycles. The number of halogens is 2. The summed E-state index contributed by atoms with van der Waals surface area (Å²) in [6, 6.07) is -0.917. The molecule has 0 aromatic rings. The third-order valence-corrected chi connectivity index (χ3v) is 1.86. The Kier molecular flexibility index (Phi) is 2.31. The first kappa shape index (κ1) is 9.36. The Morgan fingerprint density at radius 2 is 2.00 bits per heavy atom. The lowest BCUT2D eigenvalue weighted by molar-refractivity contribution is 0.135. The second kappa shape index (κ2) is 2.96. The molecule has 0 aromatic heterocycles. The summed E-state index contributed by atoms with van der Waals surface area (Å²) in [6.45, 7) is 5.95. The Morgan fingerprint density at radius 3 is 2.25 bits per heavy atom. The van der Waals surface area contributed by atoms with Crippen molar-refractivity contribution in [3.63, 3.8) is 0 Å². The van der Waals surface area contributed by atoms with Gasteiger partial charge in [0.05, 0.1) is 0 Å². The smallest absolute Gasteiger partial charge is 0.264 e. The number of allylic oxidation sites excluding steroid dienone is 1. The summed E-state index contributed by atoms with van der Waals surface area (Å²) in [5, 5.41) is 0. The molecule has 1 aliphatic rings. The van der Waals surface area contributed by atoms with Gasteiger partial charge in [0, 0.05) is 6.21 Å². The standard InChI is InChI=1S/C9H13F2N/c1-9(2,3)6-4-7(8(10)11)12-5-6/h4-5,7-8H,1-3H3. The van der Waals surface area contributed by atoms with E-state index in [1.165, 1.54) is 0 Å². The predicted molar refractivity (Wildman–Crippen MR) is 45.8 cm³/mol. The fraction of sp³-hybridized carbons (Fsp3) is 0.667. The highest BCUT2D eigenvalue weighted by Gasteiger charge is 2.25. The summed E-state index contributed by atoms with van der Waals surface area (Å²) in [7, 11) is 0. The van der Waals surface area contributed by atoms with Gasteiger partial charge in [0.25, 0.3) is 6.43 Å². The van der Waals surface area contributed by atoms with Crippen molar-refractivity contribution in [2.24, 2.45) is 10.4 Å². The van der Waals surface area contributed by atoms with E-state index in [0.29, 0.717) is 0 Å². The zero-order valence-corrected chi connectivity index (χ0v) is 7.51. The van der Waals surface area contributed by atoms with Gasteiger partial charge in [-0.1, -0.05) is 20.8 Å². The van der Waals surface area contributed by atoms with E-state index in [2.05, 4.69) is 4.99 Å². The van der Waals surface area contributed by atoms with Crippen LogP contribution in [0, 0.1) is 5.41 Å². The fourth-order valence-electron chi connectivity index (χ4n) is 1.02. The minimum atomic E-state index is -2.37. The highest BCUT2D eigenvalue weighted by molar-refractivity contribution is 5.83. The number of hydrogen-bond donors (Lipinski definition) is 0. The van der Waals surface area contributed by atoms with Crippen molar-refractivity contribution in [2.75, 3.05) is 0 Å². The van der Waals surface area contributed by atoms with Gasteiger partial charge in [-0.05, 0) is 17.1 Å². The second-order valence-electron chi connectivity index (χ2n) is 3.98. The Morgan fingerprint density at radius 1 is 1.42 bits per heavy atom. The third kappa shape index (κ3) is 1.90. The quantitative estimate of drug-likeness (QED) is 0.578. The van der Waals surface area contributed by atoms with Crippen molar-refractivity contribution >= 4 is 6.21 Å². The Bertz CT molecular complexity index is 223. The van der Waals surface area contributed by atoms with Gasteiger partial charge in [0.1, 0.15) is 6.04 Å². The summed E-state index contributed by atoms with van der Waals surface area (Å²) in [4.78, 5) is 3.72. The summed E-state index contributed by atoms with van der Waals surface area (Å²) >= 11 is 0. The van der Waals surface area contributed by atoms with Crippen LogP contribution in [0.15, 0.2) is 16.6 Å². The van der Waals surface area contributed by atoms with Crippen LogP contribution in [0.1, 0.15) is 20.8 Å². The molecule has 68 valence electrons. The van der Waals surface area contributed by atoms with Gasteiger partial charge < -0.3 is 0 Å². The van der Waals surface area contributed by atoms with Crippen LogP contribution in [0.25, 0.3) is 0 Å². The molecule has 1 unspecified atom stereocenters. The summed E-state index contributed by atoms with van der Waals surface area (Å²) in [6.07, 6.45) is 0.725. The zero-order valence-electron chi connectivity index (χ0n) is 7.51.